The first-order chi connectivity index (χ1) is 10.1. The van der Waals surface area contributed by atoms with Crippen LogP contribution in [0.1, 0.15) is 44.2 Å². The minimum absolute atomic E-state index is 0.0109. The van der Waals surface area contributed by atoms with Crippen molar-refractivity contribution >= 4 is 0 Å². The molecule has 1 saturated carbocycles. The quantitative estimate of drug-likeness (QED) is 0.747. The lowest BCUT2D eigenvalue weighted by molar-refractivity contribution is 0.296. The Morgan fingerprint density at radius 1 is 1.24 bits per heavy atom. The zero-order valence-corrected chi connectivity index (χ0v) is 13.0. The summed E-state index contributed by atoms with van der Waals surface area (Å²) in [6, 6.07) is 3.82. The Kier molecular flexibility index (Phi) is 6.12. The highest BCUT2D eigenvalue weighted by atomic mass is 19.1. The van der Waals surface area contributed by atoms with Gasteiger partial charge in [-0.15, -0.1) is 0 Å². The van der Waals surface area contributed by atoms with E-state index in [4.69, 9.17) is 0 Å². The monoisotopic (exact) mass is 296 g/mol. The number of rotatable bonds is 9. The van der Waals surface area contributed by atoms with Crippen molar-refractivity contribution in [3.63, 3.8) is 0 Å². The number of halogens is 2. The molecule has 118 valence electrons. The molecule has 4 heteroatoms. The lowest BCUT2D eigenvalue weighted by Crippen LogP contribution is -2.29. The van der Waals surface area contributed by atoms with E-state index in [1.165, 1.54) is 25.0 Å². The predicted octanol–water partition coefficient (Wildman–Crippen LogP) is 3.74. The van der Waals surface area contributed by atoms with Crippen LogP contribution in [0.15, 0.2) is 18.2 Å². The summed E-state index contributed by atoms with van der Waals surface area (Å²) in [7, 11) is 2.13. The van der Waals surface area contributed by atoms with Crippen LogP contribution in [0.5, 0.6) is 0 Å². The molecule has 2 nitrogen and oxygen atoms in total. The van der Waals surface area contributed by atoms with Crippen molar-refractivity contribution in [1.29, 1.82) is 0 Å². The minimum Gasteiger partial charge on any atom is -0.310 e. The van der Waals surface area contributed by atoms with E-state index < -0.39 is 11.6 Å². The summed E-state index contributed by atoms with van der Waals surface area (Å²) in [5.74, 6) is -0.136. The van der Waals surface area contributed by atoms with Crippen LogP contribution in [0.4, 0.5) is 8.78 Å². The van der Waals surface area contributed by atoms with Crippen LogP contribution < -0.4 is 5.32 Å². The summed E-state index contributed by atoms with van der Waals surface area (Å²) in [4.78, 5) is 2.33. The highest BCUT2D eigenvalue weighted by Crippen LogP contribution is 2.29. The molecule has 21 heavy (non-hydrogen) atoms. The van der Waals surface area contributed by atoms with E-state index >= 15 is 0 Å². The molecule has 1 aliphatic carbocycles. The van der Waals surface area contributed by atoms with Gasteiger partial charge in [-0.25, -0.2) is 8.78 Å². The van der Waals surface area contributed by atoms with E-state index in [1.54, 1.807) is 0 Å². The van der Waals surface area contributed by atoms with Gasteiger partial charge in [0, 0.05) is 18.7 Å². The molecule has 2 rings (SSSR count). The van der Waals surface area contributed by atoms with Gasteiger partial charge in [0.15, 0.2) is 0 Å². The predicted molar refractivity (Wildman–Crippen MR) is 82.2 cm³/mol. The molecule has 0 amide bonds. The van der Waals surface area contributed by atoms with Crippen LogP contribution in [0, 0.1) is 17.6 Å². The molecule has 1 aromatic rings. The molecule has 1 N–H and O–H groups in total. The molecular formula is C17H26F2N2. The Labute approximate surface area is 126 Å². The van der Waals surface area contributed by atoms with Crippen LogP contribution >= 0.6 is 0 Å². The standard InChI is InChI=1S/C17H26F2N2/c1-3-7-20-17(6-8-21(2)12-13-4-5-13)14-9-15(18)11-16(19)10-14/h9-11,13,17,20H,3-8,12H2,1-2H3. The molecule has 1 aliphatic rings. The Morgan fingerprint density at radius 3 is 2.48 bits per heavy atom. The fraction of sp³-hybridized carbons (Fsp3) is 0.647. The second kappa shape index (κ2) is 7.85. The Balaban J connectivity index is 1.95. The smallest absolute Gasteiger partial charge is 0.126 e. The molecule has 1 atom stereocenters. The number of nitrogens with one attached hydrogen (secondary N) is 1. The van der Waals surface area contributed by atoms with Crippen molar-refractivity contribution in [3.05, 3.63) is 35.4 Å². The Morgan fingerprint density at radius 2 is 1.90 bits per heavy atom. The fourth-order valence-electron chi connectivity index (χ4n) is 2.66. The summed E-state index contributed by atoms with van der Waals surface area (Å²) in [5.41, 5.74) is 0.709. The van der Waals surface area contributed by atoms with Gasteiger partial charge in [-0.3, -0.25) is 0 Å². The molecular weight excluding hydrogens is 270 g/mol. The molecule has 1 unspecified atom stereocenters. The zero-order valence-electron chi connectivity index (χ0n) is 13.0. The fourth-order valence-corrected chi connectivity index (χ4v) is 2.66. The molecule has 0 aliphatic heterocycles. The van der Waals surface area contributed by atoms with Gasteiger partial charge < -0.3 is 10.2 Å². The van der Waals surface area contributed by atoms with E-state index in [1.807, 2.05) is 0 Å². The van der Waals surface area contributed by atoms with Crippen LogP contribution in [-0.4, -0.2) is 31.6 Å². The van der Waals surface area contributed by atoms with Gasteiger partial charge in [0.2, 0.25) is 0 Å². The van der Waals surface area contributed by atoms with Crippen molar-refractivity contribution in [2.75, 3.05) is 26.7 Å². The Hall–Kier alpha value is -1.00. The molecule has 1 fully saturated rings. The SMILES string of the molecule is CCCNC(CCN(C)CC1CC1)c1cc(F)cc(F)c1. The largest absolute Gasteiger partial charge is 0.310 e. The number of benzene rings is 1. The van der Waals surface area contributed by atoms with E-state index in [0.717, 1.165) is 44.5 Å². The summed E-state index contributed by atoms with van der Waals surface area (Å²) in [6.07, 6.45) is 4.56. The first kappa shape index (κ1) is 16.4. The summed E-state index contributed by atoms with van der Waals surface area (Å²) >= 11 is 0. The third-order valence-corrected chi connectivity index (χ3v) is 3.99. The van der Waals surface area contributed by atoms with Crippen LogP contribution in [0.25, 0.3) is 0 Å². The van der Waals surface area contributed by atoms with Crippen LogP contribution in [0.3, 0.4) is 0 Å². The van der Waals surface area contributed by atoms with Gasteiger partial charge in [0.25, 0.3) is 0 Å². The van der Waals surface area contributed by atoms with Crippen molar-refractivity contribution in [2.45, 2.75) is 38.6 Å². The van der Waals surface area contributed by atoms with Crippen LogP contribution in [0.2, 0.25) is 0 Å². The zero-order chi connectivity index (χ0) is 15.2. The molecule has 0 bridgehead atoms. The summed E-state index contributed by atoms with van der Waals surface area (Å²) in [5, 5.41) is 3.40. The topological polar surface area (TPSA) is 15.3 Å². The molecule has 0 spiro atoms. The summed E-state index contributed by atoms with van der Waals surface area (Å²) in [6.45, 7) is 5.03. The van der Waals surface area contributed by atoms with Crippen LogP contribution in [-0.2, 0) is 0 Å². The third-order valence-electron chi connectivity index (χ3n) is 3.99. The lowest BCUT2D eigenvalue weighted by atomic mass is 10.0. The summed E-state index contributed by atoms with van der Waals surface area (Å²) < 4.78 is 26.8. The average Bonchev–Trinajstić information content (AvgIpc) is 3.21. The van der Waals surface area contributed by atoms with E-state index in [0.29, 0.717) is 5.56 Å². The first-order valence-corrected chi connectivity index (χ1v) is 7.96. The van der Waals surface area contributed by atoms with Gasteiger partial charge in [0.1, 0.15) is 11.6 Å². The van der Waals surface area contributed by atoms with E-state index in [9.17, 15) is 8.78 Å². The lowest BCUT2D eigenvalue weighted by Gasteiger charge is -2.23. The number of hydrogen-bond acceptors (Lipinski definition) is 2. The van der Waals surface area contributed by atoms with E-state index in [2.05, 4.69) is 24.2 Å². The maximum Gasteiger partial charge on any atom is 0.126 e. The number of nitrogens with zero attached hydrogens (tertiary/aromatic N) is 1. The van der Waals surface area contributed by atoms with Crippen molar-refractivity contribution in [3.8, 4) is 0 Å². The van der Waals surface area contributed by atoms with Gasteiger partial charge >= 0.3 is 0 Å². The van der Waals surface area contributed by atoms with Gasteiger partial charge in [-0.2, -0.15) is 0 Å². The average molecular weight is 296 g/mol. The first-order valence-electron chi connectivity index (χ1n) is 7.96. The van der Waals surface area contributed by atoms with Crippen molar-refractivity contribution < 1.29 is 8.78 Å². The van der Waals surface area contributed by atoms with Gasteiger partial charge in [-0.05, 0) is 69.4 Å². The Bertz CT molecular complexity index is 426. The third kappa shape index (κ3) is 5.71. The molecule has 0 heterocycles. The van der Waals surface area contributed by atoms with Gasteiger partial charge in [-0.1, -0.05) is 6.92 Å². The molecule has 1 aromatic carbocycles. The minimum atomic E-state index is -0.500. The molecule has 0 radical (unpaired) electrons. The van der Waals surface area contributed by atoms with Crippen molar-refractivity contribution in [2.24, 2.45) is 5.92 Å². The van der Waals surface area contributed by atoms with Crippen molar-refractivity contribution in [1.82, 2.24) is 10.2 Å². The molecule has 0 saturated heterocycles. The maximum absolute atomic E-state index is 13.4. The highest BCUT2D eigenvalue weighted by molar-refractivity contribution is 5.21. The second-order valence-corrected chi connectivity index (χ2v) is 6.20. The van der Waals surface area contributed by atoms with Gasteiger partial charge in [0.05, 0.1) is 0 Å². The molecule has 0 aromatic heterocycles. The second-order valence-electron chi connectivity index (χ2n) is 6.20. The maximum atomic E-state index is 13.4. The normalized spacial score (nSPS) is 16.4. The number of hydrogen-bond donors (Lipinski definition) is 1. The van der Waals surface area contributed by atoms with E-state index in [-0.39, 0.29) is 6.04 Å². The highest BCUT2D eigenvalue weighted by Gasteiger charge is 2.23.